The molecule has 0 spiro atoms. The zero-order valence-corrected chi connectivity index (χ0v) is 21.4. The minimum absolute atomic E-state index is 0.283. The predicted octanol–water partition coefficient (Wildman–Crippen LogP) is 5.90. The van der Waals surface area contributed by atoms with Crippen molar-refractivity contribution < 1.29 is 23.8 Å². The van der Waals surface area contributed by atoms with Crippen molar-refractivity contribution in [3.8, 4) is 11.5 Å². The van der Waals surface area contributed by atoms with Gasteiger partial charge in [0.1, 0.15) is 4.88 Å². The minimum Gasteiger partial charge on any atom is -0.493 e. The molecule has 1 atom stereocenters. The number of nitrogens with zero attached hydrogens (tertiary/aromatic N) is 1. The molecular formula is C28H24ClNO5S. The molecule has 0 bridgehead atoms. The van der Waals surface area contributed by atoms with Gasteiger partial charge in [0.25, 0.3) is 5.91 Å². The molecule has 0 fully saturated rings. The third-order valence-corrected chi connectivity index (χ3v) is 8.01. The van der Waals surface area contributed by atoms with Crippen molar-refractivity contribution in [1.82, 2.24) is 4.90 Å². The highest BCUT2D eigenvalue weighted by Gasteiger charge is 2.34. The van der Waals surface area contributed by atoms with Gasteiger partial charge in [-0.15, -0.1) is 11.3 Å². The quantitative estimate of drug-likeness (QED) is 0.295. The number of amides is 1. The van der Waals surface area contributed by atoms with E-state index in [9.17, 15) is 9.59 Å². The van der Waals surface area contributed by atoms with E-state index in [1.165, 1.54) is 11.3 Å². The fraction of sp³-hybridized carbons (Fsp3) is 0.214. The number of hydrogen-bond acceptors (Lipinski definition) is 6. The molecule has 36 heavy (non-hydrogen) atoms. The van der Waals surface area contributed by atoms with Gasteiger partial charge in [-0.25, -0.2) is 4.79 Å². The number of carbonyl (C=O) groups is 2. The van der Waals surface area contributed by atoms with Crippen molar-refractivity contribution in [1.29, 1.82) is 0 Å². The molecule has 0 saturated carbocycles. The van der Waals surface area contributed by atoms with Crippen molar-refractivity contribution in [2.45, 2.75) is 12.5 Å². The summed E-state index contributed by atoms with van der Waals surface area (Å²) in [6.45, 7) is 0.0947. The normalized spacial score (nSPS) is 14.9. The number of rotatable bonds is 6. The van der Waals surface area contributed by atoms with Crippen LogP contribution >= 0.6 is 22.9 Å². The van der Waals surface area contributed by atoms with Gasteiger partial charge in [0.05, 0.1) is 25.3 Å². The van der Waals surface area contributed by atoms with Gasteiger partial charge in [-0.3, -0.25) is 4.79 Å². The van der Waals surface area contributed by atoms with Gasteiger partial charge >= 0.3 is 5.97 Å². The number of thiophene rings is 1. The van der Waals surface area contributed by atoms with E-state index in [1.54, 1.807) is 19.1 Å². The van der Waals surface area contributed by atoms with Crippen molar-refractivity contribution >= 4 is 44.9 Å². The molecule has 184 valence electrons. The lowest BCUT2D eigenvalue weighted by Gasteiger charge is -2.38. The first kappa shape index (κ1) is 24.2. The van der Waals surface area contributed by atoms with Crippen LogP contribution in [0.2, 0.25) is 5.02 Å². The molecular weight excluding hydrogens is 498 g/mol. The van der Waals surface area contributed by atoms with Crippen LogP contribution in [0, 0.1) is 0 Å². The second-order valence-electron chi connectivity index (χ2n) is 8.37. The van der Waals surface area contributed by atoms with Gasteiger partial charge in [0, 0.05) is 16.6 Å². The standard InChI is InChI=1S/C28H24ClNO5S/c1-33-21-14-18-12-13-30(26(17-8-4-3-5-9-17)20(18)15-22(21)34-2)24(31)16-35-28(32)27-25(29)19-10-6-7-11-23(19)36-27/h3-11,14-15,26H,12-13,16H2,1-2H3/t26-/m1/s1. The van der Waals surface area contributed by atoms with E-state index < -0.39 is 5.97 Å². The van der Waals surface area contributed by atoms with E-state index in [-0.39, 0.29) is 18.6 Å². The van der Waals surface area contributed by atoms with Crippen molar-refractivity contribution in [3.05, 3.63) is 93.3 Å². The zero-order chi connectivity index (χ0) is 25.2. The van der Waals surface area contributed by atoms with Crippen LogP contribution in [-0.2, 0) is 16.0 Å². The summed E-state index contributed by atoms with van der Waals surface area (Å²) >= 11 is 7.68. The van der Waals surface area contributed by atoms with E-state index in [0.717, 1.165) is 26.8 Å². The summed E-state index contributed by atoms with van der Waals surface area (Å²) in [5.74, 6) is 0.360. The number of esters is 1. The van der Waals surface area contributed by atoms with Crippen molar-refractivity contribution in [2.24, 2.45) is 0 Å². The molecule has 2 heterocycles. The van der Waals surface area contributed by atoms with Gasteiger partial charge < -0.3 is 19.1 Å². The molecule has 0 N–H and O–H groups in total. The Hall–Kier alpha value is -3.55. The van der Waals surface area contributed by atoms with Gasteiger partial charge in [-0.05, 0) is 41.3 Å². The van der Waals surface area contributed by atoms with Gasteiger partial charge in [0.2, 0.25) is 0 Å². The van der Waals surface area contributed by atoms with E-state index in [4.69, 9.17) is 25.8 Å². The fourth-order valence-electron chi connectivity index (χ4n) is 4.63. The van der Waals surface area contributed by atoms with E-state index in [1.807, 2.05) is 66.7 Å². The lowest BCUT2D eigenvalue weighted by Crippen LogP contribution is -2.42. The first-order valence-corrected chi connectivity index (χ1v) is 12.6. The highest BCUT2D eigenvalue weighted by Crippen LogP contribution is 2.41. The molecule has 1 aliphatic heterocycles. The maximum absolute atomic E-state index is 13.4. The number of halogens is 1. The lowest BCUT2D eigenvalue weighted by atomic mass is 9.87. The van der Waals surface area contributed by atoms with Crippen LogP contribution in [0.1, 0.15) is 32.4 Å². The zero-order valence-electron chi connectivity index (χ0n) is 19.8. The van der Waals surface area contributed by atoms with E-state index in [0.29, 0.717) is 34.4 Å². The topological polar surface area (TPSA) is 65.1 Å². The van der Waals surface area contributed by atoms with Gasteiger partial charge in [-0.2, -0.15) is 0 Å². The maximum atomic E-state index is 13.4. The number of fused-ring (bicyclic) bond motifs is 2. The summed E-state index contributed by atoms with van der Waals surface area (Å²) in [5, 5.41) is 1.15. The molecule has 3 aromatic carbocycles. The Morgan fingerprint density at radius 1 is 1.00 bits per heavy atom. The third-order valence-electron chi connectivity index (χ3n) is 6.36. The average molecular weight is 522 g/mol. The molecule has 0 aliphatic carbocycles. The van der Waals surface area contributed by atoms with E-state index >= 15 is 0 Å². The Morgan fingerprint density at radius 3 is 2.42 bits per heavy atom. The first-order valence-electron chi connectivity index (χ1n) is 11.4. The van der Waals surface area contributed by atoms with Crippen molar-refractivity contribution in [3.63, 3.8) is 0 Å². The Bertz CT molecular complexity index is 1430. The first-order chi connectivity index (χ1) is 17.5. The Morgan fingerprint density at radius 2 is 1.69 bits per heavy atom. The largest absolute Gasteiger partial charge is 0.493 e. The van der Waals surface area contributed by atoms with Crippen LogP contribution in [0.3, 0.4) is 0 Å². The summed E-state index contributed by atoms with van der Waals surface area (Å²) < 4.78 is 17.4. The molecule has 0 unspecified atom stereocenters. The van der Waals surface area contributed by atoms with Crippen LogP contribution < -0.4 is 9.47 Å². The number of carbonyl (C=O) groups excluding carboxylic acids is 2. The Kier molecular flexibility index (Phi) is 6.85. The molecule has 6 nitrogen and oxygen atoms in total. The predicted molar refractivity (Wildman–Crippen MR) is 140 cm³/mol. The lowest BCUT2D eigenvalue weighted by molar-refractivity contribution is -0.136. The smallest absolute Gasteiger partial charge is 0.350 e. The number of ether oxygens (including phenoxy) is 3. The fourth-order valence-corrected chi connectivity index (χ4v) is 6.03. The molecule has 1 aromatic heterocycles. The molecule has 4 aromatic rings. The van der Waals surface area contributed by atoms with Crippen LogP contribution in [0.5, 0.6) is 11.5 Å². The molecule has 5 rings (SSSR count). The number of benzene rings is 3. The van der Waals surface area contributed by atoms with E-state index in [2.05, 4.69) is 0 Å². The molecule has 1 amide bonds. The SMILES string of the molecule is COc1cc2c(cc1OC)[C@@H](c1ccccc1)N(C(=O)COC(=O)c1sc3ccccc3c1Cl)CC2. The van der Waals surface area contributed by atoms with Crippen LogP contribution in [0.15, 0.2) is 66.7 Å². The minimum atomic E-state index is -0.602. The van der Waals surface area contributed by atoms with Gasteiger partial charge in [0.15, 0.2) is 18.1 Å². The summed E-state index contributed by atoms with van der Waals surface area (Å²) in [6.07, 6.45) is 0.640. The highest BCUT2D eigenvalue weighted by molar-refractivity contribution is 7.21. The van der Waals surface area contributed by atoms with Crippen molar-refractivity contribution in [2.75, 3.05) is 27.4 Å². The monoisotopic (exact) mass is 521 g/mol. The van der Waals surface area contributed by atoms with Gasteiger partial charge in [-0.1, -0.05) is 60.1 Å². The highest BCUT2D eigenvalue weighted by atomic mass is 35.5. The molecule has 1 aliphatic rings. The van der Waals surface area contributed by atoms with Crippen LogP contribution in [0.4, 0.5) is 0 Å². The second kappa shape index (κ2) is 10.2. The third kappa shape index (κ3) is 4.40. The number of hydrogen-bond donors (Lipinski definition) is 0. The number of methoxy groups -OCH3 is 2. The maximum Gasteiger partial charge on any atom is 0.350 e. The van der Waals surface area contributed by atoms with Crippen LogP contribution in [-0.4, -0.2) is 44.1 Å². The molecule has 0 radical (unpaired) electrons. The summed E-state index contributed by atoms with van der Waals surface area (Å²) in [7, 11) is 3.20. The summed E-state index contributed by atoms with van der Waals surface area (Å²) in [5.41, 5.74) is 3.00. The van der Waals surface area contributed by atoms with Crippen LogP contribution in [0.25, 0.3) is 10.1 Å². The summed E-state index contributed by atoms with van der Waals surface area (Å²) in [6, 6.07) is 20.8. The summed E-state index contributed by atoms with van der Waals surface area (Å²) in [4.78, 5) is 28.3. The molecule has 8 heteroatoms. The Labute approximate surface area is 218 Å². The Balaban J connectivity index is 1.42. The molecule has 0 saturated heterocycles. The average Bonchev–Trinajstić information content (AvgIpc) is 3.26. The second-order valence-corrected chi connectivity index (χ2v) is 9.80.